The molecule has 0 spiro atoms. The molecule has 3 heterocycles. The summed E-state index contributed by atoms with van der Waals surface area (Å²) < 4.78 is 0. The van der Waals surface area contributed by atoms with Crippen molar-refractivity contribution in [3.8, 4) is 11.1 Å². The van der Waals surface area contributed by atoms with E-state index < -0.39 is 0 Å². The number of aliphatic imine (C=N–C) groups is 1. The zero-order valence-corrected chi connectivity index (χ0v) is 27.5. The minimum atomic E-state index is 0.205. The van der Waals surface area contributed by atoms with Crippen LogP contribution < -0.4 is 10.2 Å². The molecule has 0 amide bonds. The number of benzene rings is 2. The predicted octanol–water partition coefficient (Wildman–Crippen LogP) is 9.16. The van der Waals surface area contributed by atoms with Gasteiger partial charge < -0.3 is 10.2 Å². The summed E-state index contributed by atoms with van der Waals surface area (Å²) in [6, 6.07) is 18.2. The van der Waals surface area contributed by atoms with Crippen LogP contribution in [0.15, 0.2) is 91.0 Å². The molecule has 1 saturated carbocycles. The standard InChI is InChI=1S/C40H44N4S/c1-5-36-34(32-18-17-30(23-27(32)3)24-29-15-13-26(2)14-16-29)19-20-39(42-36)44-22-21-31-9-8-10-33(35(31)25-44)28(4)41-40-43-37-11-6-7-12-38(37)45-40/h5-12,17-20,23,26,29,37-38H,1,4,13-16,21-22,24-25H2,2-3H3,(H,41,43). The molecule has 0 radical (unpaired) electrons. The van der Waals surface area contributed by atoms with Crippen LogP contribution in [-0.2, 0) is 19.4 Å². The van der Waals surface area contributed by atoms with E-state index >= 15 is 0 Å². The number of aryl methyl sites for hydroxylation is 1. The van der Waals surface area contributed by atoms with E-state index in [9.17, 15) is 0 Å². The smallest absolute Gasteiger partial charge is 0.162 e. The highest BCUT2D eigenvalue weighted by atomic mass is 32.2. The molecule has 1 N–H and O–H groups in total. The molecule has 230 valence electrons. The van der Waals surface area contributed by atoms with Gasteiger partial charge in [-0.3, -0.25) is 4.99 Å². The van der Waals surface area contributed by atoms with Crippen molar-refractivity contribution in [1.82, 2.24) is 10.3 Å². The molecule has 45 heavy (non-hydrogen) atoms. The number of nitrogens with one attached hydrogen (secondary N) is 1. The minimum absolute atomic E-state index is 0.205. The number of fused-ring (bicyclic) bond motifs is 2. The van der Waals surface area contributed by atoms with E-state index in [0.717, 1.165) is 64.8 Å². The highest BCUT2D eigenvalue weighted by Crippen LogP contribution is 2.36. The van der Waals surface area contributed by atoms with Gasteiger partial charge in [0.05, 0.1) is 17.0 Å². The van der Waals surface area contributed by atoms with Crippen molar-refractivity contribution in [3.05, 3.63) is 120 Å². The second kappa shape index (κ2) is 12.9. The number of anilines is 1. The molecule has 1 fully saturated rings. The maximum atomic E-state index is 5.16. The van der Waals surface area contributed by atoms with Crippen molar-refractivity contribution >= 4 is 34.5 Å². The summed E-state index contributed by atoms with van der Waals surface area (Å²) in [6.45, 7) is 15.0. The lowest BCUT2D eigenvalue weighted by Crippen LogP contribution is -2.32. The first-order valence-electron chi connectivity index (χ1n) is 16.6. The zero-order valence-electron chi connectivity index (χ0n) is 26.6. The van der Waals surface area contributed by atoms with E-state index in [2.05, 4.69) is 110 Å². The van der Waals surface area contributed by atoms with Gasteiger partial charge in [0, 0.05) is 29.9 Å². The second-order valence-corrected chi connectivity index (χ2v) is 14.4. The molecule has 5 heteroatoms. The number of rotatable bonds is 7. The van der Waals surface area contributed by atoms with Crippen molar-refractivity contribution in [3.63, 3.8) is 0 Å². The first-order valence-corrected chi connectivity index (χ1v) is 17.5. The molecule has 3 aromatic rings. The Hall–Kier alpha value is -3.83. The van der Waals surface area contributed by atoms with Gasteiger partial charge >= 0.3 is 0 Å². The maximum absolute atomic E-state index is 5.16. The van der Waals surface area contributed by atoms with Crippen molar-refractivity contribution in [2.24, 2.45) is 16.8 Å². The number of aromatic nitrogens is 1. The zero-order chi connectivity index (χ0) is 30.9. The number of nitrogens with zero attached hydrogens (tertiary/aromatic N) is 3. The van der Waals surface area contributed by atoms with E-state index in [1.807, 2.05) is 6.08 Å². The quantitative estimate of drug-likeness (QED) is 0.289. The minimum Gasteiger partial charge on any atom is -0.352 e. The topological polar surface area (TPSA) is 40.5 Å². The predicted molar refractivity (Wildman–Crippen MR) is 194 cm³/mol. The van der Waals surface area contributed by atoms with Gasteiger partial charge in [-0.25, -0.2) is 4.98 Å². The van der Waals surface area contributed by atoms with Crippen LogP contribution in [0.2, 0.25) is 0 Å². The molecular weight excluding hydrogens is 569 g/mol. The molecule has 0 bridgehead atoms. The van der Waals surface area contributed by atoms with Gasteiger partial charge in [0.1, 0.15) is 5.82 Å². The van der Waals surface area contributed by atoms with Crippen LogP contribution in [0, 0.1) is 18.8 Å². The first kappa shape index (κ1) is 29.9. The summed E-state index contributed by atoms with van der Waals surface area (Å²) in [5, 5.41) is 4.84. The Kier molecular flexibility index (Phi) is 8.55. The molecule has 2 unspecified atom stereocenters. The van der Waals surface area contributed by atoms with E-state index in [1.54, 1.807) is 11.8 Å². The van der Waals surface area contributed by atoms with Crippen LogP contribution in [0.5, 0.6) is 0 Å². The fraction of sp³-hybridized carbons (Fsp3) is 0.350. The molecule has 4 aliphatic rings. The highest BCUT2D eigenvalue weighted by molar-refractivity contribution is 8.14. The SMILES string of the molecule is C=Cc1nc(N2CCc3cccc(C(=C)NC4=NC5C=CC=CC5S4)c3C2)ccc1-c1ccc(CC2CCC(C)CC2)cc1C. The fourth-order valence-electron chi connectivity index (χ4n) is 7.46. The number of hydrogen-bond donors (Lipinski definition) is 1. The van der Waals surface area contributed by atoms with Crippen molar-refractivity contribution in [2.75, 3.05) is 11.4 Å². The summed E-state index contributed by atoms with van der Waals surface area (Å²) in [6.07, 6.45) is 18.2. The van der Waals surface area contributed by atoms with E-state index in [4.69, 9.17) is 9.98 Å². The highest BCUT2D eigenvalue weighted by Gasteiger charge is 2.29. The first-order chi connectivity index (χ1) is 21.9. The second-order valence-electron chi connectivity index (χ2n) is 13.3. The average molecular weight is 613 g/mol. The maximum Gasteiger partial charge on any atom is 0.162 e. The summed E-state index contributed by atoms with van der Waals surface area (Å²) in [5.41, 5.74) is 10.9. The molecule has 0 saturated heterocycles. The summed E-state index contributed by atoms with van der Waals surface area (Å²) in [5.74, 6) is 2.72. The number of amidine groups is 1. The lowest BCUT2D eigenvalue weighted by atomic mass is 9.80. The Morgan fingerprint density at radius 1 is 1.04 bits per heavy atom. The lowest BCUT2D eigenvalue weighted by Gasteiger charge is -2.32. The summed E-state index contributed by atoms with van der Waals surface area (Å²) in [4.78, 5) is 12.4. The third-order valence-electron chi connectivity index (χ3n) is 10.1. The van der Waals surface area contributed by atoms with Crippen molar-refractivity contribution in [1.29, 1.82) is 0 Å². The van der Waals surface area contributed by atoms with Crippen molar-refractivity contribution < 1.29 is 0 Å². The Labute approximate surface area is 273 Å². The molecule has 4 nitrogen and oxygen atoms in total. The van der Waals surface area contributed by atoms with Gasteiger partial charge in [0.15, 0.2) is 5.17 Å². The van der Waals surface area contributed by atoms with Crippen LogP contribution in [0.3, 0.4) is 0 Å². The number of hydrogen-bond acceptors (Lipinski definition) is 5. The third-order valence-corrected chi connectivity index (χ3v) is 11.2. The number of pyridine rings is 1. The van der Waals surface area contributed by atoms with E-state index in [-0.39, 0.29) is 6.04 Å². The van der Waals surface area contributed by atoms with Gasteiger partial charge in [-0.1, -0.05) is 105 Å². The molecule has 1 aromatic heterocycles. The van der Waals surface area contributed by atoms with Gasteiger partial charge in [-0.05, 0) is 90.5 Å². The molecule has 2 atom stereocenters. The summed E-state index contributed by atoms with van der Waals surface area (Å²) >= 11 is 1.78. The van der Waals surface area contributed by atoms with E-state index in [0.29, 0.717) is 5.25 Å². The Morgan fingerprint density at radius 2 is 1.87 bits per heavy atom. The summed E-state index contributed by atoms with van der Waals surface area (Å²) in [7, 11) is 0. The van der Waals surface area contributed by atoms with Crippen LogP contribution in [-0.4, -0.2) is 28.0 Å². The van der Waals surface area contributed by atoms with Crippen LogP contribution >= 0.6 is 11.8 Å². The largest absolute Gasteiger partial charge is 0.352 e. The van der Waals surface area contributed by atoms with Gasteiger partial charge in [0.25, 0.3) is 0 Å². The van der Waals surface area contributed by atoms with Crippen molar-refractivity contribution in [2.45, 2.75) is 70.2 Å². The number of thioether (sulfide) groups is 1. The van der Waals surface area contributed by atoms with Gasteiger partial charge in [-0.2, -0.15) is 0 Å². The Balaban J connectivity index is 1.08. The molecule has 2 aliphatic heterocycles. The number of allylic oxidation sites excluding steroid dienone is 2. The van der Waals surface area contributed by atoms with Gasteiger partial charge in [0.2, 0.25) is 0 Å². The normalized spacial score (nSPS) is 23.7. The molecule has 2 aliphatic carbocycles. The molecular formula is C40H44N4S. The van der Waals surface area contributed by atoms with Gasteiger partial charge in [-0.15, -0.1) is 0 Å². The lowest BCUT2D eigenvalue weighted by molar-refractivity contribution is 0.289. The Bertz CT molecular complexity index is 1710. The van der Waals surface area contributed by atoms with E-state index in [1.165, 1.54) is 59.9 Å². The van der Waals surface area contributed by atoms with Crippen LogP contribution in [0.4, 0.5) is 5.82 Å². The molecule has 2 aromatic carbocycles. The van der Waals surface area contributed by atoms with Crippen LogP contribution in [0.1, 0.15) is 66.1 Å². The molecule has 7 rings (SSSR count). The average Bonchev–Trinajstić information content (AvgIpc) is 3.47. The Morgan fingerprint density at radius 3 is 2.67 bits per heavy atom. The van der Waals surface area contributed by atoms with Crippen LogP contribution in [0.25, 0.3) is 22.9 Å². The monoisotopic (exact) mass is 612 g/mol. The fourth-order valence-corrected chi connectivity index (χ4v) is 8.54. The third kappa shape index (κ3) is 6.33.